The number of nitrogens with one attached hydrogen (secondary N) is 1. The highest BCUT2D eigenvalue weighted by molar-refractivity contribution is 5.93. The Kier molecular flexibility index (Phi) is 5.04. The minimum Gasteiger partial charge on any atom is -0.444 e. The number of aromatic nitrogens is 1. The molecule has 0 bridgehead atoms. The molecule has 2 amide bonds. The van der Waals surface area contributed by atoms with E-state index >= 15 is 0 Å². The van der Waals surface area contributed by atoms with E-state index in [-0.39, 0.29) is 5.91 Å². The zero-order chi connectivity index (χ0) is 15.3. The SMILES string of the molecule is CON(C)C(=O)c1ccc(NC(=O)OC(C)(C)C)nc1. The molecule has 1 rings (SSSR count). The predicted molar refractivity (Wildman–Crippen MR) is 73.2 cm³/mol. The van der Waals surface area contributed by atoms with Crippen molar-refractivity contribution < 1.29 is 19.2 Å². The second kappa shape index (κ2) is 6.33. The third-order valence-electron chi connectivity index (χ3n) is 2.20. The summed E-state index contributed by atoms with van der Waals surface area (Å²) in [7, 11) is 2.89. The summed E-state index contributed by atoms with van der Waals surface area (Å²) < 4.78 is 5.09. The van der Waals surface area contributed by atoms with E-state index in [2.05, 4.69) is 10.3 Å². The van der Waals surface area contributed by atoms with Gasteiger partial charge in [-0.05, 0) is 32.9 Å². The molecule has 0 aliphatic heterocycles. The molecular weight excluding hydrogens is 262 g/mol. The number of hydroxylamine groups is 2. The van der Waals surface area contributed by atoms with Crippen molar-refractivity contribution in [2.75, 3.05) is 19.5 Å². The smallest absolute Gasteiger partial charge is 0.413 e. The van der Waals surface area contributed by atoms with Crippen molar-refractivity contribution in [1.29, 1.82) is 0 Å². The number of carbonyl (C=O) groups excluding carboxylic acids is 2. The molecule has 0 saturated carbocycles. The van der Waals surface area contributed by atoms with E-state index in [9.17, 15) is 9.59 Å². The van der Waals surface area contributed by atoms with Crippen molar-refractivity contribution in [3.8, 4) is 0 Å². The maximum Gasteiger partial charge on any atom is 0.413 e. The first-order valence-corrected chi connectivity index (χ1v) is 6.01. The summed E-state index contributed by atoms with van der Waals surface area (Å²) in [5.41, 5.74) is -0.231. The van der Waals surface area contributed by atoms with Gasteiger partial charge in [0.1, 0.15) is 11.4 Å². The van der Waals surface area contributed by atoms with Crippen molar-refractivity contribution in [3.05, 3.63) is 23.9 Å². The lowest BCUT2D eigenvalue weighted by Gasteiger charge is -2.19. The largest absolute Gasteiger partial charge is 0.444 e. The number of pyridine rings is 1. The summed E-state index contributed by atoms with van der Waals surface area (Å²) in [6.07, 6.45) is 0.753. The minimum atomic E-state index is -0.599. The molecule has 0 aromatic carbocycles. The quantitative estimate of drug-likeness (QED) is 0.858. The number of amides is 2. The van der Waals surface area contributed by atoms with Crippen LogP contribution >= 0.6 is 0 Å². The van der Waals surface area contributed by atoms with Crippen molar-refractivity contribution in [3.63, 3.8) is 0 Å². The zero-order valence-corrected chi connectivity index (χ0v) is 12.3. The molecule has 0 fully saturated rings. The summed E-state index contributed by atoms with van der Waals surface area (Å²) >= 11 is 0. The summed E-state index contributed by atoms with van der Waals surface area (Å²) in [6, 6.07) is 3.05. The van der Waals surface area contributed by atoms with Crippen LogP contribution in [0.1, 0.15) is 31.1 Å². The fourth-order valence-electron chi connectivity index (χ4n) is 1.27. The van der Waals surface area contributed by atoms with Crippen molar-refractivity contribution in [1.82, 2.24) is 10.0 Å². The van der Waals surface area contributed by atoms with E-state index in [1.807, 2.05) is 0 Å². The number of nitrogens with zero attached hydrogens (tertiary/aromatic N) is 2. The van der Waals surface area contributed by atoms with Gasteiger partial charge in [0.05, 0.1) is 12.7 Å². The topological polar surface area (TPSA) is 80.8 Å². The van der Waals surface area contributed by atoms with Crippen LogP contribution in [0.2, 0.25) is 0 Å². The van der Waals surface area contributed by atoms with E-state index in [1.165, 1.54) is 32.5 Å². The average molecular weight is 281 g/mol. The molecule has 1 N–H and O–H groups in total. The van der Waals surface area contributed by atoms with Crippen LogP contribution in [0.4, 0.5) is 10.6 Å². The van der Waals surface area contributed by atoms with Crippen LogP contribution < -0.4 is 5.32 Å². The molecule has 0 unspecified atom stereocenters. The van der Waals surface area contributed by atoms with Crippen LogP contribution in [0.5, 0.6) is 0 Å². The molecule has 0 spiro atoms. The lowest BCUT2D eigenvalue weighted by atomic mass is 10.2. The number of hydrogen-bond donors (Lipinski definition) is 1. The van der Waals surface area contributed by atoms with Crippen LogP contribution in [0.15, 0.2) is 18.3 Å². The Hall–Kier alpha value is -2.15. The van der Waals surface area contributed by atoms with E-state index in [1.54, 1.807) is 20.8 Å². The molecular formula is C13H19N3O4. The van der Waals surface area contributed by atoms with E-state index in [4.69, 9.17) is 9.57 Å². The highest BCUT2D eigenvalue weighted by Gasteiger charge is 2.17. The molecule has 1 aromatic heterocycles. The number of carbonyl (C=O) groups is 2. The maximum atomic E-state index is 11.7. The van der Waals surface area contributed by atoms with Gasteiger partial charge in [-0.25, -0.2) is 14.8 Å². The maximum absolute atomic E-state index is 11.7. The van der Waals surface area contributed by atoms with E-state index in [0.717, 1.165) is 5.06 Å². The second-order valence-electron chi connectivity index (χ2n) is 5.04. The van der Waals surface area contributed by atoms with E-state index in [0.29, 0.717) is 11.4 Å². The highest BCUT2D eigenvalue weighted by atomic mass is 16.7. The third-order valence-corrected chi connectivity index (χ3v) is 2.20. The molecule has 0 atom stereocenters. The van der Waals surface area contributed by atoms with Gasteiger partial charge in [-0.2, -0.15) is 0 Å². The standard InChI is InChI=1S/C13H19N3O4/c1-13(2,3)20-12(18)15-10-7-6-9(8-14-10)11(17)16(4)19-5/h6-8H,1-5H3,(H,14,15,18). The fourth-order valence-corrected chi connectivity index (χ4v) is 1.27. The molecule has 0 saturated heterocycles. The summed E-state index contributed by atoms with van der Waals surface area (Å²) in [5, 5.41) is 3.56. The first-order chi connectivity index (χ1) is 9.23. The molecule has 1 aromatic rings. The van der Waals surface area contributed by atoms with Gasteiger partial charge in [0.25, 0.3) is 5.91 Å². The Morgan fingerprint density at radius 2 is 1.95 bits per heavy atom. The zero-order valence-electron chi connectivity index (χ0n) is 12.3. The lowest BCUT2D eigenvalue weighted by molar-refractivity contribution is -0.0757. The van der Waals surface area contributed by atoms with Crippen molar-refractivity contribution in [2.45, 2.75) is 26.4 Å². The second-order valence-corrected chi connectivity index (χ2v) is 5.04. The number of anilines is 1. The molecule has 20 heavy (non-hydrogen) atoms. The van der Waals surface area contributed by atoms with Crippen LogP contribution in [0.25, 0.3) is 0 Å². The number of hydrogen-bond acceptors (Lipinski definition) is 5. The Morgan fingerprint density at radius 3 is 2.40 bits per heavy atom. The summed E-state index contributed by atoms with van der Waals surface area (Å²) in [6.45, 7) is 5.30. The van der Waals surface area contributed by atoms with Gasteiger partial charge in [-0.1, -0.05) is 0 Å². The Bertz CT molecular complexity index is 479. The van der Waals surface area contributed by atoms with Gasteiger partial charge < -0.3 is 4.74 Å². The molecule has 0 aliphatic carbocycles. The average Bonchev–Trinajstić information content (AvgIpc) is 2.35. The van der Waals surface area contributed by atoms with Crippen LogP contribution in [-0.2, 0) is 9.57 Å². The molecule has 0 aliphatic rings. The summed E-state index contributed by atoms with van der Waals surface area (Å²) in [4.78, 5) is 32.0. The normalized spacial score (nSPS) is 10.8. The molecule has 7 nitrogen and oxygen atoms in total. The molecule has 0 radical (unpaired) electrons. The summed E-state index contributed by atoms with van der Waals surface area (Å²) in [5.74, 6) is -0.0281. The molecule has 1 heterocycles. The Morgan fingerprint density at radius 1 is 1.30 bits per heavy atom. The van der Waals surface area contributed by atoms with Crippen LogP contribution in [-0.4, -0.2) is 41.8 Å². The van der Waals surface area contributed by atoms with Gasteiger partial charge >= 0.3 is 6.09 Å². The highest BCUT2D eigenvalue weighted by Crippen LogP contribution is 2.11. The van der Waals surface area contributed by atoms with Crippen LogP contribution in [0.3, 0.4) is 0 Å². The van der Waals surface area contributed by atoms with Crippen molar-refractivity contribution >= 4 is 17.8 Å². The molecule has 110 valence electrons. The van der Waals surface area contributed by atoms with Crippen molar-refractivity contribution in [2.24, 2.45) is 0 Å². The first-order valence-electron chi connectivity index (χ1n) is 6.01. The third kappa shape index (κ3) is 4.85. The van der Waals surface area contributed by atoms with Crippen LogP contribution in [0, 0.1) is 0 Å². The van der Waals surface area contributed by atoms with Gasteiger partial charge in [0.15, 0.2) is 0 Å². The van der Waals surface area contributed by atoms with Gasteiger partial charge in [0, 0.05) is 13.2 Å². The lowest BCUT2D eigenvalue weighted by Crippen LogP contribution is -2.28. The Balaban J connectivity index is 2.68. The monoisotopic (exact) mass is 281 g/mol. The number of ether oxygens (including phenoxy) is 1. The number of rotatable bonds is 3. The fraction of sp³-hybridized carbons (Fsp3) is 0.462. The first kappa shape index (κ1) is 15.9. The van der Waals surface area contributed by atoms with Gasteiger partial charge in [0.2, 0.25) is 0 Å². The predicted octanol–water partition coefficient (Wildman–Crippen LogP) is 2.06. The minimum absolute atomic E-state index is 0.302. The Labute approximate surface area is 117 Å². The van der Waals surface area contributed by atoms with Gasteiger partial charge in [-0.15, -0.1) is 0 Å². The van der Waals surface area contributed by atoms with Gasteiger partial charge in [-0.3, -0.25) is 14.9 Å². The van der Waals surface area contributed by atoms with E-state index < -0.39 is 11.7 Å². The molecule has 7 heteroatoms.